The topological polar surface area (TPSA) is 103 Å². The van der Waals surface area contributed by atoms with Crippen molar-refractivity contribution in [3.63, 3.8) is 0 Å². The van der Waals surface area contributed by atoms with Crippen LogP contribution in [0.5, 0.6) is 0 Å². The van der Waals surface area contributed by atoms with Gasteiger partial charge in [0.05, 0.1) is 23.4 Å². The van der Waals surface area contributed by atoms with Crippen LogP contribution in [0, 0.1) is 11.3 Å². The van der Waals surface area contributed by atoms with E-state index >= 15 is 0 Å². The number of piperidine rings is 1. The van der Waals surface area contributed by atoms with Gasteiger partial charge < -0.3 is 15.7 Å². The SMILES string of the molecule is N#Cc1cnn2cc(-c3ccc(N4CCC(O)CC4)nc3)cc(Sc3ccccc3N)c12. The second-order valence-corrected chi connectivity index (χ2v) is 8.90. The molecule has 8 heteroatoms. The van der Waals surface area contributed by atoms with Crippen LogP contribution in [0.3, 0.4) is 0 Å². The van der Waals surface area contributed by atoms with Crippen molar-refractivity contribution < 1.29 is 5.11 Å². The van der Waals surface area contributed by atoms with E-state index in [2.05, 4.69) is 33.2 Å². The third-order valence-corrected chi connectivity index (χ3v) is 6.83. The highest BCUT2D eigenvalue weighted by Crippen LogP contribution is 2.38. The highest BCUT2D eigenvalue weighted by Gasteiger charge is 2.18. The van der Waals surface area contributed by atoms with Gasteiger partial charge in [-0.15, -0.1) is 0 Å². The maximum atomic E-state index is 9.74. The molecule has 1 fully saturated rings. The summed E-state index contributed by atoms with van der Waals surface area (Å²) in [7, 11) is 0. The van der Waals surface area contributed by atoms with Gasteiger partial charge in [-0.05, 0) is 43.2 Å². The molecule has 4 heterocycles. The molecule has 0 aliphatic carbocycles. The van der Waals surface area contributed by atoms with Crippen LogP contribution >= 0.6 is 11.8 Å². The number of nitriles is 1. The zero-order valence-electron chi connectivity index (χ0n) is 17.3. The second kappa shape index (κ2) is 8.54. The number of pyridine rings is 2. The van der Waals surface area contributed by atoms with Crippen molar-refractivity contribution in [3.05, 3.63) is 66.6 Å². The van der Waals surface area contributed by atoms with E-state index in [1.54, 1.807) is 10.7 Å². The van der Waals surface area contributed by atoms with E-state index in [9.17, 15) is 10.4 Å². The molecule has 0 unspecified atom stereocenters. The lowest BCUT2D eigenvalue weighted by Crippen LogP contribution is -2.36. The van der Waals surface area contributed by atoms with Crippen LogP contribution in [0.4, 0.5) is 11.5 Å². The fraction of sp³-hybridized carbons (Fsp3) is 0.208. The first-order valence-corrected chi connectivity index (χ1v) is 11.3. The number of aromatic nitrogens is 3. The standard InChI is InChI=1S/C24H22N6OS/c25-12-18-14-28-30-15-17(11-22(24(18)30)32-21-4-2-1-3-20(21)26)16-5-6-23(27-13-16)29-9-7-19(31)8-10-29/h1-6,11,13-15,19,31H,7-10,26H2. The summed E-state index contributed by atoms with van der Waals surface area (Å²) in [6.45, 7) is 1.62. The number of hydrogen-bond acceptors (Lipinski definition) is 7. The molecule has 1 aliphatic heterocycles. The number of nitrogen functional groups attached to an aromatic ring is 1. The summed E-state index contributed by atoms with van der Waals surface area (Å²) in [5.74, 6) is 0.916. The Morgan fingerprint density at radius 1 is 1.06 bits per heavy atom. The lowest BCUT2D eigenvalue weighted by molar-refractivity contribution is 0.145. The Labute approximate surface area is 190 Å². The van der Waals surface area contributed by atoms with Gasteiger partial charge in [0.2, 0.25) is 0 Å². The molecular formula is C24H22N6OS. The summed E-state index contributed by atoms with van der Waals surface area (Å²) in [6, 6.07) is 16.0. The number of rotatable bonds is 4. The Bertz CT molecular complexity index is 1300. The summed E-state index contributed by atoms with van der Waals surface area (Å²) < 4.78 is 1.75. The van der Waals surface area contributed by atoms with Crippen LogP contribution in [0.15, 0.2) is 70.8 Å². The van der Waals surface area contributed by atoms with Gasteiger partial charge in [-0.25, -0.2) is 9.50 Å². The van der Waals surface area contributed by atoms with Crippen molar-refractivity contribution in [2.45, 2.75) is 28.7 Å². The van der Waals surface area contributed by atoms with Crippen LogP contribution in [0.1, 0.15) is 18.4 Å². The average molecular weight is 443 g/mol. The minimum atomic E-state index is -0.209. The smallest absolute Gasteiger partial charge is 0.128 e. The minimum Gasteiger partial charge on any atom is -0.398 e. The van der Waals surface area contributed by atoms with Crippen LogP contribution in [-0.4, -0.2) is 38.9 Å². The number of fused-ring (bicyclic) bond motifs is 1. The molecule has 0 amide bonds. The summed E-state index contributed by atoms with van der Waals surface area (Å²) in [5.41, 5.74) is 10.1. The number of aliphatic hydroxyl groups is 1. The normalized spacial score (nSPS) is 14.6. The monoisotopic (exact) mass is 442 g/mol. The van der Waals surface area contributed by atoms with Crippen LogP contribution in [-0.2, 0) is 0 Å². The third kappa shape index (κ3) is 3.88. The Balaban J connectivity index is 1.52. The number of benzene rings is 1. The van der Waals surface area contributed by atoms with E-state index in [1.807, 2.05) is 42.7 Å². The Kier molecular flexibility index (Phi) is 5.43. The third-order valence-electron chi connectivity index (χ3n) is 5.71. The van der Waals surface area contributed by atoms with Gasteiger partial charge in [0.25, 0.3) is 0 Å². The average Bonchev–Trinajstić information content (AvgIpc) is 3.25. The van der Waals surface area contributed by atoms with E-state index in [-0.39, 0.29) is 6.10 Å². The molecule has 7 nitrogen and oxygen atoms in total. The molecule has 0 saturated carbocycles. The summed E-state index contributed by atoms with van der Waals surface area (Å²) in [5, 5.41) is 23.7. The first kappa shape index (κ1) is 20.4. The van der Waals surface area contributed by atoms with Gasteiger partial charge in [0, 0.05) is 52.1 Å². The van der Waals surface area contributed by atoms with Gasteiger partial charge in [-0.1, -0.05) is 23.9 Å². The molecule has 5 rings (SSSR count). The lowest BCUT2D eigenvalue weighted by Gasteiger charge is -2.30. The van der Waals surface area contributed by atoms with Crippen LogP contribution in [0.25, 0.3) is 16.6 Å². The number of anilines is 2. The van der Waals surface area contributed by atoms with E-state index in [0.29, 0.717) is 11.3 Å². The first-order chi connectivity index (χ1) is 15.6. The fourth-order valence-electron chi connectivity index (χ4n) is 3.93. The number of nitrogens with two attached hydrogens (primary N) is 1. The van der Waals surface area contributed by atoms with Gasteiger partial charge in [0.15, 0.2) is 0 Å². The van der Waals surface area contributed by atoms with Crippen molar-refractivity contribution in [1.29, 1.82) is 5.26 Å². The summed E-state index contributed by atoms with van der Waals surface area (Å²) >= 11 is 1.52. The molecule has 3 aromatic heterocycles. The zero-order valence-corrected chi connectivity index (χ0v) is 18.2. The summed E-state index contributed by atoms with van der Waals surface area (Å²) in [4.78, 5) is 8.70. The lowest BCUT2D eigenvalue weighted by atomic mass is 10.1. The van der Waals surface area contributed by atoms with Crippen molar-refractivity contribution in [2.24, 2.45) is 0 Å². The molecule has 0 bridgehead atoms. The number of aliphatic hydroxyl groups excluding tert-OH is 1. The largest absolute Gasteiger partial charge is 0.398 e. The van der Waals surface area contributed by atoms with E-state index in [4.69, 9.17) is 5.73 Å². The molecular weight excluding hydrogens is 420 g/mol. The van der Waals surface area contributed by atoms with Crippen molar-refractivity contribution in [2.75, 3.05) is 23.7 Å². The van der Waals surface area contributed by atoms with Crippen LogP contribution < -0.4 is 10.6 Å². The van der Waals surface area contributed by atoms with Crippen molar-refractivity contribution >= 4 is 28.8 Å². The van der Waals surface area contributed by atoms with Gasteiger partial charge in [-0.2, -0.15) is 10.4 Å². The Morgan fingerprint density at radius 3 is 2.59 bits per heavy atom. The second-order valence-electron chi connectivity index (χ2n) is 7.82. The van der Waals surface area contributed by atoms with Gasteiger partial charge in [0.1, 0.15) is 11.9 Å². The fourth-order valence-corrected chi connectivity index (χ4v) is 4.99. The Morgan fingerprint density at radius 2 is 1.88 bits per heavy atom. The molecule has 160 valence electrons. The van der Waals surface area contributed by atoms with E-state index in [1.165, 1.54) is 11.8 Å². The van der Waals surface area contributed by atoms with E-state index in [0.717, 1.165) is 58.2 Å². The maximum Gasteiger partial charge on any atom is 0.128 e. The molecule has 3 N–H and O–H groups in total. The highest BCUT2D eigenvalue weighted by molar-refractivity contribution is 7.99. The zero-order chi connectivity index (χ0) is 22.1. The number of hydrogen-bond donors (Lipinski definition) is 2. The van der Waals surface area contributed by atoms with Crippen molar-refractivity contribution in [3.8, 4) is 17.2 Å². The molecule has 32 heavy (non-hydrogen) atoms. The minimum absolute atomic E-state index is 0.209. The molecule has 1 aromatic carbocycles. The van der Waals surface area contributed by atoms with E-state index < -0.39 is 0 Å². The maximum absolute atomic E-state index is 9.74. The first-order valence-electron chi connectivity index (χ1n) is 10.5. The molecule has 4 aromatic rings. The Hall–Kier alpha value is -3.54. The molecule has 0 radical (unpaired) electrons. The van der Waals surface area contributed by atoms with Crippen LogP contribution in [0.2, 0.25) is 0 Å². The molecule has 1 saturated heterocycles. The van der Waals surface area contributed by atoms with Gasteiger partial charge >= 0.3 is 0 Å². The summed E-state index contributed by atoms with van der Waals surface area (Å²) in [6.07, 6.45) is 6.70. The number of para-hydroxylation sites is 1. The highest BCUT2D eigenvalue weighted by atomic mass is 32.2. The molecule has 0 spiro atoms. The molecule has 0 atom stereocenters. The predicted molar refractivity (Wildman–Crippen MR) is 126 cm³/mol. The quantitative estimate of drug-likeness (QED) is 0.461. The predicted octanol–water partition coefficient (Wildman–Crippen LogP) is 3.96. The van der Waals surface area contributed by atoms with Crippen molar-refractivity contribution in [1.82, 2.24) is 14.6 Å². The molecule has 1 aliphatic rings. The number of nitrogens with zero attached hydrogens (tertiary/aromatic N) is 5. The van der Waals surface area contributed by atoms with Gasteiger partial charge in [-0.3, -0.25) is 0 Å².